The van der Waals surface area contributed by atoms with E-state index in [1.807, 2.05) is 69.3 Å². The van der Waals surface area contributed by atoms with Crippen molar-refractivity contribution in [1.82, 2.24) is 4.90 Å². The Kier molecular flexibility index (Phi) is 9.88. The maximum Gasteiger partial charge on any atom is 0.262 e. The van der Waals surface area contributed by atoms with Crippen LogP contribution in [0.15, 0.2) is 87.7 Å². The second kappa shape index (κ2) is 13.9. The number of carbonyl (C=O) groups excluding carboxylic acids is 3. The third-order valence-electron chi connectivity index (χ3n) is 9.89. The topological polar surface area (TPSA) is 84.9 Å². The number of halogens is 1. The van der Waals surface area contributed by atoms with E-state index in [0.717, 1.165) is 52.2 Å². The normalized spacial score (nSPS) is 18.5. The monoisotopic (exact) mass is 738 g/mol. The highest BCUT2D eigenvalue weighted by atomic mass is 79.9. The molecule has 0 saturated heterocycles. The summed E-state index contributed by atoms with van der Waals surface area (Å²) in [6.07, 6.45) is 2.25. The quantitative estimate of drug-likeness (QED) is 0.236. The van der Waals surface area contributed by atoms with E-state index in [1.54, 1.807) is 0 Å². The SMILES string of the molecule is CCOc1cc(C2C3=C(CC(C)(C)CC3=O)N(Cc3ccccc3)C3=C2C(=O)CC(C)(C)C3)cc(Br)c1OCC(=O)Nc1cc(C)ccc1C. The average Bonchev–Trinajstić information content (AvgIpc) is 3.02. The zero-order valence-electron chi connectivity index (χ0n) is 30.2. The van der Waals surface area contributed by atoms with E-state index in [0.29, 0.717) is 53.1 Å². The second-order valence-electron chi connectivity index (χ2n) is 15.5. The van der Waals surface area contributed by atoms with Gasteiger partial charge < -0.3 is 19.7 Å². The summed E-state index contributed by atoms with van der Waals surface area (Å²) in [6, 6.07) is 20.0. The molecule has 0 saturated carbocycles. The number of ether oxygens (including phenoxy) is 2. The number of ketones is 2. The predicted molar refractivity (Wildman–Crippen MR) is 200 cm³/mol. The lowest BCUT2D eigenvalue weighted by Crippen LogP contribution is -2.44. The first kappa shape index (κ1) is 35.6. The van der Waals surface area contributed by atoms with E-state index in [4.69, 9.17) is 9.47 Å². The van der Waals surface area contributed by atoms with Crippen LogP contribution in [0.5, 0.6) is 11.5 Å². The maximum absolute atomic E-state index is 14.3. The molecule has 0 radical (unpaired) electrons. The number of anilines is 1. The van der Waals surface area contributed by atoms with Crippen LogP contribution < -0.4 is 14.8 Å². The summed E-state index contributed by atoms with van der Waals surface area (Å²) in [5.74, 6) is 0.139. The minimum Gasteiger partial charge on any atom is -0.490 e. The summed E-state index contributed by atoms with van der Waals surface area (Å²) < 4.78 is 12.8. The molecule has 1 amide bonds. The molecule has 262 valence electrons. The van der Waals surface area contributed by atoms with Crippen molar-refractivity contribution in [3.63, 3.8) is 0 Å². The largest absolute Gasteiger partial charge is 0.490 e. The molecule has 3 aliphatic rings. The molecule has 0 atom stereocenters. The van der Waals surface area contributed by atoms with Crippen LogP contribution in [0.3, 0.4) is 0 Å². The first-order valence-corrected chi connectivity index (χ1v) is 18.3. The molecule has 50 heavy (non-hydrogen) atoms. The first-order valence-electron chi connectivity index (χ1n) is 17.5. The maximum atomic E-state index is 14.3. The fourth-order valence-electron chi connectivity index (χ4n) is 7.69. The molecule has 3 aromatic rings. The van der Waals surface area contributed by atoms with Crippen LogP contribution in [-0.2, 0) is 20.9 Å². The van der Waals surface area contributed by atoms with E-state index in [1.165, 1.54) is 0 Å². The highest BCUT2D eigenvalue weighted by Gasteiger charge is 2.49. The van der Waals surface area contributed by atoms with Crippen LogP contribution in [0.1, 0.15) is 88.5 Å². The number of rotatable bonds is 9. The van der Waals surface area contributed by atoms with Crippen molar-refractivity contribution >= 4 is 39.1 Å². The molecule has 1 aliphatic heterocycles. The molecule has 1 heterocycles. The lowest BCUT2D eigenvalue weighted by molar-refractivity contribution is -0.120. The Bertz CT molecular complexity index is 1870. The van der Waals surface area contributed by atoms with Crippen molar-refractivity contribution in [3.8, 4) is 11.5 Å². The van der Waals surface area contributed by atoms with Gasteiger partial charge in [-0.05, 0) is 101 Å². The summed E-state index contributed by atoms with van der Waals surface area (Å²) in [4.78, 5) is 44.0. The Hall–Kier alpha value is -4.17. The van der Waals surface area contributed by atoms with Crippen molar-refractivity contribution in [1.29, 1.82) is 0 Å². The Labute approximate surface area is 304 Å². The number of amides is 1. The first-order chi connectivity index (χ1) is 23.7. The lowest BCUT2D eigenvalue weighted by Gasteiger charge is -2.49. The van der Waals surface area contributed by atoms with Crippen molar-refractivity contribution in [3.05, 3.63) is 110 Å². The molecule has 1 N–H and O–H groups in total. The highest BCUT2D eigenvalue weighted by Crippen LogP contribution is 2.56. The van der Waals surface area contributed by atoms with Gasteiger partial charge >= 0.3 is 0 Å². The molecule has 8 heteroatoms. The molecule has 0 bridgehead atoms. The van der Waals surface area contributed by atoms with Crippen molar-refractivity contribution in [2.75, 3.05) is 18.5 Å². The number of Topliss-reactive ketones (excluding diaryl/α,β-unsaturated/α-hetero) is 2. The Morgan fingerprint density at radius 2 is 1.48 bits per heavy atom. The number of hydrogen-bond donors (Lipinski definition) is 1. The summed E-state index contributed by atoms with van der Waals surface area (Å²) >= 11 is 3.72. The number of allylic oxidation sites excluding steroid dienone is 4. The Balaban J connectivity index is 1.43. The molecular weight excluding hydrogens is 692 g/mol. The zero-order chi connectivity index (χ0) is 36.0. The van der Waals surface area contributed by atoms with Gasteiger partial charge in [0.05, 0.1) is 11.1 Å². The average molecular weight is 740 g/mol. The van der Waals surface area contributed by atoms with Gasteiger partial charge in [0.15, 0.2) is 29.7 Å². The van der Waals surface area contributed by atoms with E-state index in [9.17, 15) is 14.4 Å². The minimum absolute atomic E-state index is 0.0704. The smallest absolute Gasteiger partial charge is 0.262 e. The van der Waals surface area contributed by atoms with Crippen molar-refractivity contribution in [2.45, 2.75) is 86.6 Å². The van der Waals surface area contributed by atoms with E-state index in [-0.39, 0.29) is 34.9 Å². The van der Waals surface area contributed by atoms with Gasteiger partial charge in [0, 0.05) is 53.5 Å². The summed E-state index contributed by atoms with van der Waals surface area (Å²) in [5.41, 5.74) is 7.60. The van der Waals surface area contributed by atoms with Crippen LogP contribution in [0.25, 0.3) is 0 Å². The van der Waals surface area contributed by atoms with Gasteiger partial charge in [0.2, 0.25) is 0 Å². The molecule has 2 aliphatic carbocycles. The van der Waals surface area contributed by atoms with Crippen LogP contribution in [0.2, 0.25) is 0 Å². The molecule has 0 unspecified atom stereocenters. The number of hydrogen-bond acceptors (Lipinski definition) is 6. The van der Waals surface area contributed by atoms with Gasteiger partial charge in [-0.25, -0.2) is 0 Å². The van der Waals surface area contributed by atoms with Gasteiger partial charge in [-0.3, -0.25) is 14.4 Å². The fraction of sp³-hybridized carbons (Fsp3) is 0.405. The van der Waals surface area contributed by atoms with E-state index >= 15 is 0 Å². The van der Waals surface area contributed by atoms with Crippen LogP contribution in [0.4, 0.5) is 5.69 Å². The molecule has 0 aromatic heterocycles. The molecule has 7 nitrogen and oxygen atoms in total. The lowest BCUT2D eigenvalue weighted by atomic mass is 9.63. The van der Waals surface area contributed by atoms with Gasteiger partial charge in [0.1, 0.15) is 0 Å². The highest BCUT2D eigenvalue weighted by molar-refractivity contribution is 9.10. The van der Waals surface area contributed by atoms with Crippen molar-refractivity contribution < 1.29 is 23.9 Å². The number of aryl methyl sites for hydroxylation is 2. The third kappa shape index (κ3) is 7.32. The molecule has 0 spiro atoms. The van der Waals surface area contributed by atoms with Gasteiger partial charge in [-0.15, -0.1) is 0 Å². The third-order valence-corrected chi connectivity index (χ3v) is 10.5. The van der Waals surface area contributed by atoms with E-state index < -0.39 is 5.92 Å². The number of benzene rings is 3. The summed E-state index contributed by atoms with van der Waals surface area (Å²) in [6.45, 7) is 15.1. The summed E-state index contributed by atoms with van der Waals surface area (Å²) in [7, 11) is 0. The zero-order valence-corrected chi connectivity index (χ0v) is 31.8. The van der Waals surface area contributed by atoms with Gasteiger partial charge in [-0.2, -0.15) is 0 Å². The van der Waals surface area contributed by atoms with Gasteiger partial charge in [-0.1, -0.05) is 70.2 Å². The fourth-order valence-corrected chi connectivity index (χ4v) is 8.26. The standard InChI is InChI=1S/C42H47BrN2O5/c1-8-49-35-18-28(17-29(43)40(35)50-24-36(48)44-30-16-25(2)14-15-26(30)3)37-38-31(19-41(4,5)21-33(38)46)45(23-27-12-10-9-11-13-27)32-20-42(6,7)22-34(47)39(32)37/h9-18,37H,8,19-24H2,1-7H3,(H,44,48). The molecule has 3 aromatic carbocycles. The van der Waals surface area contributed by atoms with Crippen LogP contribution >= 0.6 is 15.9 Å². The van der Waals surface area contributed by atoms with E-state index in [2.05, 4.69) is 66.0 Å². The minimum atomic E-state index is -0.545. The number of nitrogens with one attached hydrogen (secondary N) is 1. The number of nitrogens with zero attached hydrogens (tertiary/aromatic N) is 1. The molecular formula is C42H47BrN2O5. The number of carbonyl (C=O) groups is 3. The Morgan fingerprint density at radius 3 is 2.08 bits per heavy atom. The van der Waals surface area contributed by atoms with Gasteiger partial charge in [0.25, 0.3) is 5.91 Å². The Morgan fingerprint density at radius 1 is 0.860 bits per heavy atom. The molecule has 6 rings (SSSR count). The predicted octanol–water partition coefficient (Wildman–Crippen LogP) is 9.37. The van der Waals surface area contributed by atoms with Crippen LogP contribution in [0, 0.1) is 24.7 Å². The summed E-state index contributed by atoms with van der Waals surface area (Å²) in [5, 5.41) is 2.95. The molecule has 0 fully saturated rings. The van der Waals surface area contributed by atoms with Crippen molar-refractivity contribution in [2.24, 2.45) is 10.8 Å². The van der Waals surface area contributed by atoms with Crippen LogP contribution in [-0.4, -0.2) is 35.6 Å². The second-order valence-corrected chi connectivity index (χ2v) is 16.4.